The molecule has 4 rings (SSSR count). The lowest BCUT2D eigenvalue weighted by Gasteiger charge is -2.26. The highest BCUT2D eigenvalue weighted by Gasteiger charge is 2.29. The molecule has 0 aliphatic carbocycles. The van der Waals surface area contributed by atoms with E-state index in [0.29, 0.717) is 10.2 Å². The Balaban J connectivity index is 1.57. The summed E-state index contributed by atoms with van der Waals surface area (Å²) < 4.78 is 50.8. The first kappa shape index (κ1) is 22.3. The van der Waals surface area contributed by atoms with Crippen LogP contribution in [-0.2, 0) is 24.7 Å². The molecule has 1 fully saturated rings. The second kappa shape index (κ2) is 8.24. The first-order valence-corrected chi connectivity index (χ1v) is 13.5. The molecule has 1 aliphatic rings. The van der Waals surface area contributed by atoms with Gasteiger partial charge in [0.05, 0.1) is 26.6 Å². The van der Waals surface area contributed by atoms with Crippen LogP contribution in [0.2, 0.25) is 0 Å². The van der Waals surface area contributed by atoms with Crippen LogP contribution in [0.1, 0.15) is 10.4 Å². The van der Waals surface area contributed by atoms with Gasteiger partial charge in [-0.2, -0.15) is 4.31 Å². The summed E-state index contributed by atoms with van der Waals surface area (Å²) in [4.78, 5) is 28.6. The van der Waals surface area contributed by atoms with E-state index in [1.165, 1.54) is 36.4 Å². The van der Waals surface area contributed by atoms with E-state index in [9.17, 15) is 26.4 Å². The van der Waals surface area contributed by atoms with E-state index in [1.807, 2.05) is 0 Å². The summed E-state index contributed by atoms with van der Waals surface area (Å²) in [6, 6.07) is 10.0. The molecule has 2 N–H and O–H groups in total. The number of benzene rings is 2. The summed E-state index contributed by atoms with van der Waals surface area (Å²) in [5.41, 5.74) is 0.626. The standard InChI is InChI=1S/C19H18N4O6S3/c1-31(26,27)13-5-6-15-16(10-13)30-19(21-15)22-18(25)12-3-2-4-14(9-12)32(28,29)23-8-7-20-17(24)11-23/h2-6,9-10H,7-8,11H2,1H3,(H,20,24)(H,21,22,25). The summed E-state index contributed by atoms with van der Waals surface area (Å²) in [7, 11) is -7.32. The Morgan fingerprint density at radius 2 is 1.91 bits per heavy atom. The molecule has 1 saturated heterocycles. The molecule has 13 heteroatoms. The van der Waals surface area contributed by atoms with Gasteiger partial charge in [0.2, 0.25) is 15.9 Å². The number of thiazole rings is 1. The zero-order valence-electron chi connectivity index (χ0n) is 16.7. The van der Waals surface area contributed by atoms with Crippen molar-refractivity contribution in [1.82, 2.24) is 14.6 Å². The first-order chi connectivity index (χ1) is 15.0. The summed E-state index contributed by atoms with van der Waals surface area (Å²) in [6.45, 7) is 0.0858. The van der Waals surface area contributed by atoms with Gasteiger partial charge in [0.1, 0.15) is 0 Å². The number of nitrogens with zero attached hydrogens (tertiary/aromatic N) is 2. The number of aromatic nitrogens is 1. The molecule has 168 valence electrons. The van der Waals surface area contributed by atoms with Crippen LogP contribution in [0, 0.1) is 0 Å². The lowest BCUT2D eigenvalue weighted by molar-refractivity contribution is -0.122. The van der Waals surface area contributed by atoms with Crippen LogP contribution in [-0.4, -0.2) is 63.8 Å². The van der Waals surface area contributed by atoms with E-state index in [-0.39, 0.29) is 46.0 Å². The second-order valence-corrected chi connectivity index (χ2v) is 12.1. The van der Waals surface area contributed by atoms with Crippen LogP contribution in [0.5, 0.6) is 0 Å². The molecular formula is C19H18N4O6S3. The van der Waals surface area contributed by atoms with Crippen molar-refractivity contribution < 1.29 is 26.4 Å². The number of carbonyl (C=O) groups is 2. The van der Waals surface area contributed by atoms with Gasteiger partial charge in [-0.3, -0.25) is 14.9 Å². The summed E-state index contributed by atoms with van der Waals surface area (Å²) in [5, 5.41) is 5.43. The monoisotopic (exact) mass is 494 g/mol. The molecule has 2 aromatic carbocycles. The quantitative estimate of drug-likeness (QED) is 0.540. The van der Waals surface area contributed by atoms with Gasteiger partial charge < -0.3 is 5.32 Å². The third-order valence-electron chi connectivity index (χ3n) is 4.75. The van der Waals surface area contributed by atoms with Crippen molar-refractivity contribution >= 4 is 58.4 Å². The van der Waals surface area contributed by atoms with Gasteiger partial charge in [0, 0.05) is 24.9 Å². The molecule has 2 heterocycles. The Labute approximate surface area is 188 Å². The van der Waals surface area contributed by atoms with Crippen LogP contribution in [0.15, 0.2) is 52.3 Å². The van der Waals surface area contributed by atoms with Gasteiger partial charge in [-0.25, -0.2) is 21.8 Å². The Bertz CT molecular complexity index is 1450. The van der Waals surface area contributed by atoms with Crippen LogP contribution < -0.4 is 10.6 Å². The van der Waals surface area contributed by atoms with E-state index in [2.05, 4.69) is 15.6 Å². The molecule has 32 heavy (non-hydrogen) atoms. The minimum Gasteiger partial charge on any atom is -0.354 e. The number of hydrogen-bond donors (Lipinski definition) is 2. The average molecular weight is 495 g/mol. The van der Waals surface area contributed by atoms with Crippen molar-refractivity contribution in [3.63, 3.8) is 0 Å². The highest BCUT2D eigenvalue weighted by atomic mass is 32.2. The Kier molecular flexibility index (Phi) is 5.75. The van der Waals surface area contributed by atoms with Gasteiger partial charge in [0.25, 0.3) is 5.91 Å². The molecule has 0 spiro atoms. The van der Waals surface area contributed by atoms with Gasteiger partial charge in [-0.15, -0.1) is 0 Å². The maximum absolute atomic E-state index is 12.9. The Morgan fingerprint density at radius 3 is 2.62 bits per heavy atom. The lowest BCUT2D eigenvalue weighted by atomic mass is 10.2. The van der Waals surface area contributed by atoms with Crippen LogP contribution in [0.3, 0.4) is 0 Å². The third kappa shape index (κ3) is 4.50. The van der Waals surface area contributed by atoms with Gasteiger partial charge in [0.15, 0.2) is 15.0 Å². The van der Waals surface area contributed by atoms with E-state index < -0.39 is 25.8 Å². The van der Waals surface area contributed by atoms with E-state index >= 15 is 0 Å². The maximum atomic E-state index is 12.9. The van der Waals surface area contributed by atoms with Crippen LogP contribution in [0.4, 0.5) is 5.13 Å². The molecule has 0 atom stereocenters. The highest BCUT2D eigenvalue weighted by Crippen LogP contribution is 2.28. The van der Waals surface area contributed by atoms with Crippen molar-refractivity contribution in [2.75, 3.05) is 31.2 Å². The fourth-order valence-corrected chi connectivity index (χ4v) is 6.19. The molecular weight excluding hydrogens is 476 g/mol. The van der Waals surface area contributed by atoms with Crippen molar-refractivity contribution in [2.45, 2.75) is 9.79 Å². The van der Waals surface area contributed by atoms with Gasteiger partial charge in [-0.05, 0) is 36.4 Å². The summed E-state index contributed by atoms with van der Waals surface area (Å²) in [5.74, 6) is -0.954. The van der Waals surface area contributed by atoms with Crippen molar-refractivity contribution in [2.24, 2.45) is 0 Å². The maximum Gasteiger partial charge on any atom is 0.257 e. The largest absolute Gasteiger partial charge is 0.354 e. The number of rotatable bonds is 5. The number of sulfonamides is 1. The SMILES string of the molecule is CS(=O)(=O)c1ccc2nc(NC(=O)c3cccc(S(=O)(=O)N4CCNC(=O)C4)c3)sc2c1. The number of fused-ring (bicyclic) bond motifs is 1. The predicted molar refractivity (Wildman–Crippen MR) is 119 cm³/mol. The molecule has 1 aliphatic heterocycles. The fraction of sp³-hybridized carbons (Fsp3) is 0.211. The number of amides is 2. The van der Waals surface area contributed by atoms with Crippen molar-refractivity contribution in [1.29, 1.82) is 0 Å². The summed E-state index contributed by atoms with van der Waals surface area (Å²) >= 11 is 1.10. The number of hydrogen-bond acceptors (Lipinski definition) is 8. The van der Waals surface area contributed by atoms with E-state index in [0.717, 1.165) is 21.9 Å². The number of piperazine rings is 1. The molecule has 0 unspecified atom stereocenters. The summed E-state index contributed by atoms with van der Waals surface area (Å²) in [6.07, 6.45) is 1.11. The molecule has 10 nitrogen and oxygen atoms in total. The zero-order chi connectivity index (χ0) is 23.1. The minimum atomic E-state index is -3.94. The highest BCUT2D eigenvalue weighted by molar-refractivity contribution is 7.90. The van der Waals surface area contributed by atoms with Crippen LogP contribution in [0.25, 0.3) is 10.2 Å². The molecule has 1 aromatic heterocycles. The van der Waals surface area contributed by atoms with Crippen molar-refractivity contribution in [3.8, 4) is 0 Å². The number of anilines is 1. The smallest absolute Gasteiger partial charge is 0.257 e. The Hall–Kier alpha value is -2.87. The Morgan fingerprint density at radius 1 is 1.12 bits per heavy atom. The third-order valence-corrected chi connectivity index (χ3v) is 8.63. The average Bonchev–Trinajstić information content (AvgIpc) is 3.14. The predicted octanol–water partition coefficient (Wildman–Crippen LogP) is 1.07. The number of carbonyl (C=O) groups excluding carboxylic acids is 2. The van der Waals surface area contributed by atoms with Crippen molar-refractivity contribution in [3.05, 3.63) is 48.0 Å². The minimum absolute atomic E-state index is 0.0954. The number of sulfone groups is 1. The molecule has 0 saturated carbocycles. The molecule has 0 bridgehead atoms. The zero-order valence-corrected chi connectivity index (χ0v) is 19.2. The number of nitrogens with one attached hydrogen (secondary N) is 2. The normalized spacial score (nSPS) is 15.5. The molecule has 2 amide bonds. The van der Waals surface area contributed by atoms with E-state index in [4.69, 9.17) is 0 Å². The van der Waals surface area contributed by atoms with E-state index in [1.54, 1.807) is 6.07 Å². The van der Waals surface area contributed by atoms with Gasteiger partial charge in [-0.1, -0.05) is 17.4 Å². The second-order valence-electron chi connectivity index (χ2n) is 7.09. The first-order valence-electron chi connectivity index (χ1n) is 9.33. The van der Waals surface area contributed by atoms with Gasteiger partial charge >= 0.3 is 0 Å². The fourth-order valence-electron chi connectivity index (χ4n) is 3.13. The molecule has 0 radical (unpaired) electrons. The topological polar surface area (TPSA) is 143 Å². The van der Waals surface area contributed by atoms with Crippen LogP contribution >= 0.6 is 11.3 Å². The lowest BCUT2D eigenvalue weighted by Crippen LogP contribution is -2.49. The molecule has 3 aromatic rings.